The number of benzene rings is 1. The van der Waals surface area contributed by atoms with Gasteiger partial charge in [-0.3, -0.25) is 5.10 Å². The summed E-state index contributed by atoms with van der Waals surface area (Å²) in [6.45, 7) is 1.87. The number of thioether (sulfide) groups is 1. The lowest BCUT2D eigenvalue weighted by Crippen LogP contribution is -1.92. The summed E-state index contributed by atoms with van der Waals surface area (Å²) in [7, 11) is 1.64. The maximum atomic E-state index is 5.12. The molecule has 1 aromatic carbocycles. The average Bonchev–Trinajstić information content (AvgIpc) is 3.15. The summed E-state index contributed by atoms with van der Waals surface area (Å²) >= 11 is 1.51. The Morgan fingerprint density at radius 2 is 2.14 bits per heavy atom. The lowest BCUT2D eigenvalue weighted by atomic mass is 10.3. The van der Waals surface area contributed by atoms with Gasteiger partial charge in [-0.2, -0.15) is 4.98 Å². The van der Waals surface area contributed by atoms with Gasteiger partial charge in [0, 0.05) is 17.5 Å². The molecule has 0 amide bonds. The van der Waals surface area contributed by atoms with Crippen LogP contribution in [-0.4, -0.2) is 27.4 Å². The van der Waals surface area contributed by atoms with Crippen LogP contribution in [0.3, 0.4) is 0 Å². The molecule has 2 heterocycles. The Kier molecular flexibility index (Phi) is 4.29. The Labute approximate surface area is 131 Å². The number of hydrogen-bond acceptors (Lipinski definition) is 7. The molecule has 0 saturated heterocycles. The monoisotopic (exact) mass is 317 g/mol. The molecule has 2 aromatic heterocycles. The third-order valence-corrected chi connectivity index (χ3v) is 3.74. The summed E-state index contributed by atoms with van der Waals surface area (Å²) in [5.41, 5.74) is 1.77. The Morgan fingerprint density at radius 1 is 1.32 bits per heavy atom. The van der Waals surface area contributed by atoms with E-state index >= 15 is 0 Å². The van der Waals surface area contributed by atoms with Crippen LogP contribution in [0.25, 0.3) is 0 Å². The molecule has 0 unspecified atom stereocenters. The van der Waals surface area contributed by atoms with Crippen molar-refractivity contribution in [1.82, 2.24) is 20.3 Å². The minimum atomic E-state index is 0.518. The van der Waals surface area contributed by atoms with E-state index < -0.39 is 0 Å². The van der Waals surface area contributed by atoms with Gasteiger partial charge in [0.15, 0.2) is 5.16 Å². The fraction of sp³-hybridized carbons (Fsp3) is 0.214. The minimum absolute atomic E-state index is 0.518. The van der Waals surface area contributed by atoms with Crippen molar-refractivity contribution >= 4 is 23.4 Å². The van der Waals surface area contributed by atoms with Gasteiger partial charge >= 0.3 is 0 Å². The highest BCUT2D eigenvalue weighted by Crippen LogP contribution is 2.22. The number of nitrogens with one attached hydrogen (secondary N) is 2. The molecule has 3 rings (SSSR count). The molecule has 3 aromatic rings. The molecule has 0 aliphatic rings. The van der Waals surface area contributed by atoms with E-state index in [1.165, 1.54) is 11.8 Å². The molecule has 22 heavy (non-hydrogen) atoms. The molecule has 0 radical (unpaired) electrons. The number of rotatable bonds is 6. The molecule has 0 bridgehead atoms. The molecular formula is C14H15N5O2S. The molecule has 114 valence electrons. The quantitative estimate of drug-likeness (QED) is 0.675. The Morgan fingerprint density at radius 3 is 2.82 bits per heavy atom. The number of hydrogen-bond donors (Lipinski definition) is 2. The van der Waals surface area contributed by atoms with E-state index in [1.807, 2.05) is 37.3 Å². The Bertz CT molecular complexity index is 738. The number of methoxy groups -OCH3 is 1. The molecule has 0 spiro atoms. The van der Waals surface area contributed by atoms with E-state index in [1.54, 1.807) is 7.11 Å². The zero-order chi connectivity index (χ0) is 15.4. The summed E-state index contributed by atoms with van der Waals surface area (Å²) in [4.78, 5) is 4.37. The van der Waals surface area contributed by atoms with Gasteiger partial charge < -0.3 is 14.6 Å². The van der Waals surface area contributed by atoms with Crippen LogP contribution in [0.1, 0.15) is 11.5 Å². The fourth-order valence-corrected chi connectivity index (χ4v) is 2.48. The molecule has 0 fully saturated rings. The van der Waals surface area contributed by atoms with Gasteiger partial charge in [0.05, 0.1) is 12.8 Å². The van der Waals surface area contributed by atoms with Crippen molar-refractivity contribution in [2.24, 2.45) is 0 Å². The fourth-order valence-electron chi connectivity index (χ4n) is 1.80. The number of ether oxygens (including phenoxy) is 1. The van der Waals surface area contributed by atoms with Gasteiger partial charge in [0.1, 0.15) is 11.5 Å². The summed E-state index contributed by atoms with van der Waals surface area (Å²) in [5.74, 6) is 2.80. The van der Waals surface area contributed by atoms with Crippen molar-refractivity contribution < 1.29 is 9.26 Å². The standard InChI is InChI=1S/C14H15N5O2S/c1-9-7-11(19-21-9)8-22-14-16-13(17-18-14)15-10-3-5-12(20-2)6-4-10/h3-7H,8H2,1-2H3,(H2,15,16,17,18). The molecular weight excluding hydrogens is 302 g/mol. The average molecular weight is 317 g/mol. The number of nitrogens with zero attached hydrogens (tertiary/aromatic N) is 3. The van der Waals surface area contributed by atoms with Crippen molar-refractivity contribution in [1.29, 1.82) is 0 Å². The molecule has 0 saturated carbocycles. The highest BCUT2D eigenvalue weighted by atomic mass is 32.2. The van der Waals surface area contributed by atoms with Gasteiger partial charge in [-0.15, -0.1) is 5.10 Å². The first kappa shape index (κ1) is 14.5. The second-order valence-electron chi connectivity index (χ2n) is 4.54. The highest BCUT2D eigenvalue weighted by Gasteiger charge is 2.07. The first-order valence-corrected chi connectivity index (χ1v) is 7.60. The molecule has 8 heteroatoms. The van der Waals surface area contributed by atoms with Crippen molar-refractivity contribution in [3.05, 3.63) is 41.8 Å². The van der Waals surface area contributed by atoms with Crippen LogP contribution in [0.4, 0.5) is 11.6 Å². The maximum Gasteiger partial charge on any atom is 0.247 e. The number of aromatic nitrogens is 4. The van der Waals surface area contributed by atoms with Crippen molar-refractivity contribution in [3.63, 3.8) is 0 Å². The van der Waals surface area contributed by atoms with Crippen LogP contribution in [0.5, 0.6) is 5.75 Å². The predicted molar refractivity (Wildman–Crippen MR) is 83.5 cm³/mol. The first-order chi connectivity index (χ1) is 10.7. The van der Waals surface area contributed by atoms with E-state index in [2.05, 4.69) is 25.7 Å². The first-order valence-electron chi connectivity index (χ1n) is 6.61. The SMILES string of the molecule is COc1ccc(Nc2n[nH]c(SCc3cc(C)on3)n2)cc1. The Hall–Kier alpha value is -2.48. The molecule has 0 atom stereocenters. The van der Waals surface area contributed by atoms with Crippen LogP contribution in [-0.2, 0) is 5.75 Å². The number of anilines is 2. The van der Waals surface area contributed by atoms with Crippen molar-refractivity contribution in [3.8, 4) is 5.75 Å². The third-order valence-electron chi connectivity index (χ3n) is 2.84. The number of aromatic amines is 1. The van der Waals surface area contributed by atoms with Gasteiger partial charge in [-0.05, 0) is 31.2 Å². The van der Waals surface area contributed by atoms with Crippen molar-refractivity contribution in [2.45, 2.75) is 17.8 Å². The van der Waals surface area contributed by atoms with E-state index in [4.69, 9.17) is 9.26 Å². The topological polar surface area (TPSA) is 88.9 Å². The highest BCUT2D eigenvalue weighted by molar-refractivity contribution is 7.98. The van der Waals surface area contributed by atoms with E-state index in [0.29, 0.717) is 11.7 Å². The molecule has 0 aliphatic heterocycles. The third kappa shape index (κ3) is 3.59. The summed E-state index contributed by atoms with van der Waals surface area (Å²) < 4.78 is 10.1. The minimum Gasteiger partial charge on any atom is -0.497 e. The summed E-state index contributed by atoms with van der Waals surface area (Å²) in [6, 6.07) is 9.45. The van der Waals surface area contributed by atoms with Gasteiger partial charge in [-0.1, -0.05) is 16.9 Å². The number of aryl methyl sites for hydroxylation is 1. The second kappa shape index (κ2) is 6.52. The zero-order valence-corrected chi connectivity index (χ0v) is 13.0. The molecule has 2 N–H and O–H groups in total. The predicted octanol–water partition coefficient (Wildman–Crippen LogP) is 3.15. The van der Waals surface area contributed by atoms with Crippen LogP contribution in [0.2, 0.25) is 0 Å². The second-order valence-corrected chi connectivity index (χ2v) is 5.50. The van der Waals surface area contributed by atoms with Crippen molar-refractivity contribution in [2.75, 3.05) is 12.4 Å². The normalized spacial score (nSPS) is 10.6. The van der Waals surface area contributed by atoms with E-state index in [-0.39, 0.29) is 0 Å². The lowest BCUT2D eigenvalue weighted by molar-refractivity contribution is 0.393. The molecule has 0 aliphatic carbocycles. The zero-order valence-electron chi connectivity index (χ0n) is 12.2. The van der Waals surface area contributed by atoms with Crippen LogP contribution < -0.4 is 10.1 Å². The maximum absolute atomic E-state index is 5.12. The van der Waals surface area contributed by atoms with Gasteiger partial charge in [-0.25, -0.2) is 0 Å². The largest absolute Gasteiger partial charge is 0.497 e. The summed E-state index contributed by atoms with van der Waals surface area (Å²) in [6.07, 6.45) is 0. The van der Waals surface area contributed by atoms with E-state index in [0.717, 1.165) is 28.0 Å². The smallest absolute Gasteiger partial charge is 0.247 e. The molecule has 7 nitrogen and oxygen atoms in total. The van der Waals surface area contributed by atoms with Gasteiger partial charge in [0.25, 0.3) is 0 Å². The lowest BCUT2D eigenvalue weighted by Gasteiger charge is -2.03. The Balaban J connectivity index is 1.58. The van der Waals surface area contributed by atoms with Crippen LogP contribution >= 0.6 is 11.8 Å². The van der Waals surface area contributed by atoms with E-state index in [9.17, 15) is 0 Å². The number of H-pyrrole nitrogens is 1. The summed E-state index contributed by atoms with van der Waals surface area (Å²) in [5, 5.41) is 14.8. The van der Waals surface area contributed by atoms with Crippen LogP contribution in [0.15, 0.2) is 40.0 Å². The van der Waals surface area contributed by atoms with Crippen LogP contribution in [0, 0.1) is 6.92 Å². The van der Waals surface area contributed by atoms with Gasteiger partial charge in [0.2, 0.25) is 5.95 Å².